The summed E-state index contributed by atoms with van der Waals surface area (Å²) in [4.78, 5) is 13.4. The van der Waals surface area contributed by atoms with Crippen molar-refractivity contribution in [1.82, 2.24) is 0 Å². The van der Waals surface area contributed by atoms with Crippen molar-refractivity contribution >= 4 is 39.1 Å². The van der Waals surface area contributed by atoms with Crippen LogP contribution in [-0.4, -0.2) is 33.7 Å². The molecule has 0 bridgehead atoms. The number of sulfonamides is 1. The minimum absolute atomic E-state index is 0.181. The van der Waals surface area contributed by atoms with E-state index in [-0.39, 0.29) is 22.4 Å². The molecule has 4 rings (SSSR count). The number of nitrogens with zero attached hydrogens (tertiary/aromatic N) is 1. The van der Waals surface area contributed by atoms with E-state index in [1.54, 1.807) is 36.4 Å². The highest BCUT2D eigenvalue weighted by molar-refractivity contribution is 8.00. The second kappa shape index (κ2) is 9.84. The first-order valence-corrected chi connectivity index (χ1v) is 12.8. The SMILES string of the molecule is COc1ccc(S(=O)(=O)N2CCCc3cc(NC(=O)CSc4ccc(F)cc4)ccc32)cc1. The first kappa shape index (κ1) is 23.1. The number of hydrogen-bond donors (Lipinski definition) is 1. The highest BCUT2D eigenvalue weighted by atomic mass is 32.2. The third-order valence-electron chi connectivity index (χ3n) is 5.27. The summed E-state index contributed by atoms with van der Waals surface area (Å²) in [5.74, 6) is 0.260. The molecule has 0 unspecified atom stereocenters. The lowest BCUT2D eigenvalue weighted by atomic mass is 10.0. The lowest BCUT2D eigenvalue weighted by Gasteiger charge is -2.31. The Balaban J connectivity index is 1.47. The van der Waals surface area contributed by atoms with Crippen LogP contribution in [-0.2, 0) is 21.2 Å². The highest BCUT2D eigenvalue weighted by Gasteiger charge is 2.29. The minimum Gasteiger partial charge on any atom is -0.497 e. The van der Waals surface area contributed by atoms with E-state index in [1.807, 2.05) is 6.07 Å². The number of thioether (sulfide) groups is 1. The Hall–Kier alpha value is -3.04. The lowest BCUT2D eigenvalue weighted by Crippen LogP contribution is -2.35. The quantitative estimate of drug-likeness (QED) is 0.490. The van der Waals surface area contributed by atoms with Gasteiger partial charge < -0.3 is 10.1 Å². The van der Waals surface area contributed by atoms with Gasteiger partial charge in [-0.2, -0.15) is 0 Å². The van der Waals surface area contributed by atoms with E-state index in [9.17, 15) is 17.6 Å². The topological polar surface area (TPSA) is 75.7 Å². The number of benzene rings is 3. The number of aryl methyl sites for hydroxylation is 1. The summed E-state index contributed by atoms with van der Waals surface area (Å²) in [6.45, 7) is 0.390. The molecule has 1 amide bonds. The fourth-order valence-electron chi connectivity index (χ4n) is 3.64. The number of ether oxygens (including phenoxy) is 1. The molecule has 33 heavy (non-hydrogen) atoms. The van der Waals surface area contributed by atoms with Gasteiger partial charge in [0.2, 0.25) is 5.91 Å². The number of carbonyl (C=O) groups is 1. The zero-order valence-corrected chi connectivity index (χ0v) is 19.6. The summed E-state index contributed by atoms with van der Waals surface area (Å²) in [7, 11) is -2.19. The number of methoxy groups -OCH3 is 1. The molecule has 6 nitrogen and oxygen atoms in total. The number of anilines is 2. The van der Waals surface area contributed by atoms with E-state index in [2.05, 4.69) is 5.32 Å². The van der Waals surface area contributed by atoms with Crippen LogP contribution in [0.3, 0.4) is 0 Å². The summed E-state index contributed by atoms with van der Waals surface area (Å²) in [6.07, 6.45) is 1.40. The van der Waals surface area contributed by atoms with Gasteiger partial charge in [0.05, 0.1) is 23.4 Å². The van der Waals surface area contributed by atoms with Crippen LogP contribution in [0.25, 0.3) is 0 Å². The number of nitrogens with one attached hydrogen (secondary N) is 1. The van der Waals surface area contributed by atoms with Gasteiger partial charge in [-0.05, 0) is 85.1 Å². The van der Waals surface area contributed by atoms with E-state index >= 15 is 0 Å². The van der Waals surface area contributed by atoms with Crippen molar-refractivity contribution in [1.29, 1.82) is 0 Å². The molecule has 9 heteroatoms. The second-order valence-corrected chi connectivity index (χ2v) is 10.4. The molecule has 0 radical (unpaired) electrons. The normalized spacial score (nSPS) is 13.3. The minimum atomic E-state index is -3.72. The predicted molar refractivity (Wildman–Crippen MR) is 128 cm³/mol. The molecule has 1 N–H and O–H groups in total. The summed E-state index contributed by atoms with van der Waals surface area (Å²) >= 11 is 1.31. The van der Waals surface area contributed by atoms with Crippen LogP contribution in [0.2, 0.25) is 0 Å². The van der Waals surface area contributed by atoms with Gasteiger partial charge >= 0.3 is 0 Å². The van der Waals surface area contributed by atoms with E-state index in [1.165, 1.54) is 47.4 Å². The lowest BCUT2D eigenvalue weighted by molar-refractivity contribution is -0.113. The van der Waals surface area contributed by atoms with Crippen LogP contribution >= 0.6 is 11.8 Å². The third kappa shape index (κ3) is 5.31. The molecule has 172 valence electrons. The second-order valence-electron chi connectivity index (χ2n) is 7.49. The first-order chi connectivity index (χ1) is 15.9. The summed E-state index contributed by atoms with van der Waals surface area (Å²) in [5, 5.41) is 2.86. The molecule has 1 heterocycles. The van der Waals surface area contributed by atoms with Crippen molar-refractivity contribution in [3.8, 4) is 5.75 Å². The Kier molecular flexibility index (Phi) is 6.90. The molecule has 0 spiro atoms. The molecular weight excluding hydrogens is 463 g/mol. The Morgan fingerprint density at radius 2 is 1.82 bits per heavy atom. The van der Waals surface area contributed by atoms with Crippen LogP contribution in [0.1, 0.15) is 12.0 Å². The van der Waals surface area contributed by atoms with Crippen molar-refractivity contribution in [2.24, 2.45) is 0 Å². The smallest absolute Gasteiger partial charge is 0.264 e. The van der Waals surface area contributed by atoms with Crippen molar-refractivity contribution in [3.63, 3.8) is 0 Å². The highest BCUT2D eigenvalue weighted by Crippen LogP contribution is 2.34. The molecule has 3 aromatic carbocycles. The number of halogens is 1. The molecular formula is C24H23FN2O4S2. The van der Waals surface area contributed by atoms with Crippen LogP contribution < -0.4 is 14.4 Å². The van der Waals surface area contributed by atoms with Gasteiger partial charge in [0.1, 0.15) is 11.6 Å². The summed E-state index contributed by atoms with van der Waals surface area (Å²) < 4.78 is 46.0. The average Bonchev–Trinajstić information content (AvgIpc) is 2.83. The maximum atomic E-state index is 13.2. The molecule has 0 aliphatic carbocycles. The fraction of sp³-hybridized carbons (Fsp3) is 0.208. The maximum absolute atomic E-state index is 13.2. The zero-order chi connectivity index (χ0) is 23.4. The maximum Gasteiger partial charge on any atom is 0.264 e. The van der Waals surface area contributed by atoms with Crippen LogP contribution in [0.4, 0.5) is 15.8 Å². The van der Waals surface area contributed by atoms with Crippen LogP contribution in [0, 0.1) is 5.82 Å². The van der Waals surface area contributed by atoms with Gasteiger partial charge in [0.25, 0.3) is 10.0 Å². The molecule has 0 saturated heterocycles. The Bertz CT molecular complexity index is 1250. The van der Waals surface area contributed by atoms with Gasteiger partial charge in [-0.15, -0.1) is 11.8 Å². The molecule has 0 atom stereocenters. The van der Waals surface area contributed by atoms with Crippen molar-refractivity contribution in [2.75, 3.05) is 29.0 Å². The van der Waals surface area contributed by atoms with E-state index < -0.39 is 10.0 Å². The fourth-order valence-corrected chi connectivity index (χ4v) is 5.88. The van der Waals surface area contributed by atoms with Crippen LogP contribution in [0.5, 0.6) is 5.75 Å². The van der Waals surface area contributed by atoms with Crippen molar-refractivity contribution in [3.05, 3.63) is 78.1 Å². The van der Waals surface area contributed by atoms with Crippen LogP contribution in [0.15, 0.2) is 76.5 Å². The summed E-state index contributed by atoms with van der Waals surface area (Å²) in [5.41, 5.74) is 2.10. The van der Waals surface area contributed by atoms with Gasteiger partial charge in [0.15, 0.2) is 0 Å². The molecule has 0 fully saturated rings. The molecule has 0 aromatic heterocycles. The van der Waals surface area contributed by atoms with Crippen molar-refractivity contribution in [2.45, 2.75) is 22.6 Å². The van der Waals surface area contributed by atoms with Gasteiger partial charge in [-0.25, -0.2) is 12.8 Å². The molecule has 3 aromatic rings. The Labute approximate surface area is 196 Å². The van der Waals surface area contributed by atoms with E-state index in [0.717, 1.165) is 16.9 Å². The number of carbonyl (C=O) groups excluding carboxylic acids is 1. The number of amides is 1. The Morgan fingerprint density at radius 3 is 2.52 bits per heavy atom. The van der Waals surface area contributed by atoms with E-state index in [4.69, 9.17) is 4.74 Å². The van der Waals surface area contributed by atoms with E-state index in [0.29, 0.717) is 30.1 Å². The Morgan fingerprint density at radius 1 is 1.09 bits per heavy atom. The van der Waals surface area contributed by atoms with Crippen molar-refractivity contribution < 1.29 is 22.3 Å². The predicted octanol–water partition coefficient (Wildman–Crippen LogP) is 4.71. The zero-order valence-electron chi connectivity index (χ0n) is 18.0. The molecule has 1 aliphatic heterocycles. The molecule has 0 saturated carbocycles. The first-order valence-electron chi connectivity index (χ1n) is 10.3. The van der Waals surface area contributed by atoms with Gasteiger partial charge in [0, 0.05) is 17.1 Å². The molecule has 1 aliphatic rings. The average molecular weight is 487 g/mol. The number of fused-ring (bicyclic) bond motifs is 1. The van der Waals surface area contributed by atoms with Gasteiger partial charge in [-0.1, -0.05) is 0 Å². The number of rotatable bonds is 7. The third-order valence-corrected chi connectivity index (χ3v) is 8.11. The van der Waals surface area contributed by atoms with Gasteiger partial charge in [-0.3, -0.25) is 9.10 Å². The standard InChI is InChI=1S/C24H23FN2O4S2/c1-31-20-7-11-22(12-8-20)33(29,30)27-14-2-3-17-15-19(6-13-23(17)27)26-24(28)16-32-21-9-4-18(25)5-10-21/h4-13,15H,2-3,14,16H2,1H3,(H,26,28). The largest absolute Gasteiger partial charge is 0.497 e. The summed E-state index contributed by atoms with van der Waals surface area (Å²) in [6, 6.07) is 17.6. The number of hydrogen-bond acceptors (Lipinski definition) is 5. The monoisotopic (exact) mass is 486 g/mol.